The van der Waals surface area contributed by atoms with Crippen molar-refractivity contribution in [2.24, 2.45) is 5.84 Å². The molecule has 0 aliphatic carbocycles. The lowest BCUT2D eigenvalue weighted by Gasteiger charge is -2.16. The van der Waals surface area contributed by atoms with Crippen LogP contribution in [0.5, 0.6) is 5.75 Å². The molecular formula is C15H19N3O2S. The number of carbonyl (C=O) groups is 1. The molecule has 0 atom stereocenters. The van der Waals surface area contributed by atoms with Crippen molar-refractivity contribution in [3.8, 4) is 5.75 Å². The Kier molecular flexibility index (Phi) is 5.74. The second-order valence-electron chi connectivity index (χ2n) is 4.67. The van der Waals surface area contributed by atoms with Gasteiger partial charge in [0, 0.05) is 23.5 Å². The normalized spacial score (nSPS) is 10.6. The topological polar surface area (TPSA) is 67.6 Å². The van der Waals surface area contributed by atoms with Gasteiger partial charge in [-0.15, -0.1) is 11.3 Å². The summed E-state index contributed by atoms with van der Waals surface area (Å²) in [6.45, 7) is 2.29. The van der Waals surface area contributed by atoms with Crippen LogP contribution in [0.4, 0.5) is 0 Å². The van der Waals surface area contributed by atoms with Crippen molar-refractivity contribution in [3.05, 3.63) is 52.2 Å². The van der Waals surface area contributed by atoms with E-state index in [0.717, 1.165) is 13.1 Å². The summed E-state index contributed by atoms with van der Waals surface area (Å²) in [5.41, 5.74) is 2.59. The smallest absolute Gasteiger partial charge is 0.265 e. The first-order valence-electron chi connectivity index (χ1n) is 6.64. The maximum Gasteiger partial charge on any atom is 0.265 e. The van der Waals surface area contributed by atoms with Gasteiger partial charge in [-0.3, -0.25) is 15.1 Å². The van der Waals surface area contributed by atoms with Gasteiger partial charge < -0.3 is 4.74 Å². The number of ether oxygens (including phenoxy) is 1. The molecule has 0 aliphatic heterocycles. The number of nitrogens with one attached hydrogen (secondary N) is 1. The van der Waals surface area contributed by atoms with E-state index in [9.17, 15) is 4.79 Å². The van der Waals surface area contributed by atoms with Gasteiger partial charge in [0.25, 0.3) is 5.91 Å². The Labute approximate surface area is 128 Å². The number of carbonyl (C=O) groups excluding carboxylic acids is 1. The molecule has 112 valence electrons. The molecule has 0 unspecified atom stereocenters. The minimum atomic E-state index is -0.324. The van der Waals surface area contributed by atoms with E-state index >= 15 is 0 Å². The average molecular weight is 305 g/mol. The first kappa shape index (κ1) is 15.5. The third kappa shape index (κ3) is 4.86. The van der Waals surface area contributed by atoms with Crippen molar-refractivity contribution >= 4 is 17.2 Å². The van der Waals surface area contributed by atoms with Crippen LogP contribution >= 0.6 is 11.3 Å². The highest BCUT2D eigenvalue weighted by Crippen LogP contribution is 2.14. The van der Waals surface area contributed by atoms with E-state index in [1.165, 1.54) is 4.88 Å². The molecule has 6 heteroatoms. The first-order valence-corrected chi connectivity index (χ1v) is 7.52. The Morgan fingerprint density at radius 2 is 2.24 bits per heavy atom. The number of nitrogen functional groups attached to an aromatic ring is 1. The van der Waals surface area contributed by atoms with Gasteiger partial charge in [-0.25, -0.2) is 5.84 Å². The molecule has 0 radical (unpaired) electrons. The van der Waals surface area contributed by atoms with Gasteiger partial charge in [0.1, 0.15) is 12.4 Å². The molecule has 5 nitrogen and oxygen atoms in total. The van der Waals surface area contributed by atoms with Gasteiger partial charge in [0.05, 0.1) is 0 Å². The largest absolute Gasteiger partial charge is 0.492 e. The lowest BCUT2D eigenvalue weighted by atomic mass is 10.2. The summed E-state index contributed by atoms with van der Waals surface area (Å²) in [6, 6.07) is 11.1. The number of nitrogens with zero attached hydrogens (tertiary/aromatic N) is 1. The Morgan fingerprint density at radius 3 is 2.95 bits per heavy atom. The van der Waals surface area contributed by atoms with Crippen LogP contribution in [-0.2, 0) is 6.54 Å². The second-order valence-corrected chi connectivity index (χ2v) is 5.70. The fourth-order valence-corrected chi connectivity index (χ4v) is 2.66. The van der Waals surface area contributed by atoms with Gasteiger partial charge >= 0.3 is 0 Å². The van der Waals surface area contributed by atoms with Gasteiger partial charge in [-0.05, 0) is 36.7 Å². The predicted molar refractivity (Wildman–Crippen MR) is 84.2 cm³/mol. The van der Waals surface area contributed by atoms with Crippen LogP contribution in [0.15, 0.2) is 41.8 Å². The lowest BCUT2D eigenvalue weighted by molar-refractivity contribution is 0.0953. The fourth-order valence-electron chi connectivity index (χ4n) is 1.88. The maximum atomic E-state index is 11.4. The monoisotopic (exact) mass is 305 g/mol. The molecule has 0 spiro atoms. The van der Waals surface area contributed by atoms with Crippen molar-refractivity contribution in [3.63, 3.8) is 0 Å². The van der Waals surface area contributed by atoms with Crippen LogP contribution in [0.2, 0.25) is 0 Å². The number of hydrogen-bond donors (Lipinski definition) is 2. The third-order valence-corrected chi connectivity index (χ3v) is 3.84. The van der Waals surface area contributed by atoms with E-state index in [0.29, 0.717) is 17.9 Å². The Hall–Kier alpha value is -1.89. The zero-order chi connectivity index (χ0) is 15.1. The molecule has 3 N–H and O–H groups in total. The molecule has 0 saturated carbocycles. The molecule has 2 rings (SSSR count). The standard InChI is InChI=1S/C15H19N3O2S/c1-18(11-14-6-3-9-21-14)7-8-20-13-5-2-4-12(10-13)15(19)17-16/h2-6,9-10H,7-8,11,16H2,1H3,(H,17,19). The van der Waals surface area contributed by atoms with Crippen molar-refractivity contribution in [1.82, 2.24) is 10.3 Å². The quantitative estimate of drug-likeness (QED) is 0.465. The van der Waals surface area contributed by atoms with Gasteiger partial charge in [-0.1, -0.05) is 12.1 Å². The number of benzene rings is 1. The van der Waals surface area contributed by atoms with E-state index in [4.69, 9.17) is 10.6 Å². The van der Waals surface area contributed by atoms with E-state index in [2.05, 4.69) is 34.9 Å². The minimum absolute atomic E-state index is 0.324. The summed E-state index contributed by atoms with van der Waals surface area (Å²) in [6.07, 6.45) is 0. The highest BCUT2D eigenvalue weighted by atomic mass is 32.1. The summed E-state index contributed by atoms with van der Waals surface area (Å²) in [5, 5.41) is 2.08. The summed E-state index contributed by atoms with van der Waals surface area (Å²) < 4.78 is 5.67. The number of thiophene rings is 1. The molecule has 2 aromatic rings. The Morgan fingerprint density at radius 1 is 1.38 bits per heavy atom. The molecule has 1 aromatic carbocycles. The van der Waals surface area contributed by atoms with E-state index in [1.54, 1.807) is 29.5 Å². The zero-order valence-corrected chi connectivity index (χ0v) is 12.7. The van der Waals surface area contributed by atoms with E-state index < -0.39 is 0 Å². The third-order valence-electron chi connectivity index (χ3n) is 2.97. The minimum Gasteiger partial charge on any atom is -0.492 e. The van der Waals surface area contributed by atoms with E-state index in [-0.39, 0.29) is 5.91 Å². The number of hydrazine groups is 1. The molecular weight excluding hydrogens is 286 g/mol. The van der Waals surface area contributed by atoms with Crippen molar-refractivity contribution in [2.75, 3.05) is 20.2 Å². The number of rotatable bonds is 7. The molecule has 1 heterocycles. The zero-order valence-electron chi connectivity index (χ0n) is 11.9. The highest BCUT2D eigenvalue weighted by molar-refractivity contribution is 7.09. The number of likely N-dealkylation sites (N-methyl/N-ethyl adjacent to an activating group) is 1. The number of nitrogens with two attached hydrogens (primary N) is 1. The van der Waals surface area contributed by atoms with Crippen molar-refractivity contribution in [2.45, 2.75) is 6.54 Å². The Balaban J connectivity index is 1.79. The van der Waals surface area contributed by atoms with Crippen LogP contribution in [-0.4, -0.2) is 31.0 Å². The van der Waals surface area contributed by atoms with Crippen LogP contribution in [0.3, 0.4) is 0 Å². The number of hydrogen-bond acceptors (Lipinski definition) is 5. The van der Waals surface area contributed by atoms with Crippen LogP contribution in [0.25, 0.3) is 0 Å². The summed E-state index contributed by atoms with van der Waals surface area (Å²) in [7, 11) is 2.06. The molecule has 0 bridgehead atoms. The van der Waals surface area contributed by atoms with Crippen LogP contribution in [0, 0.1) is 0 Å². The average Bonchev–Trinajstić information content (AvgIpc) is 2.99. The molecule has 0 aliphatic rings. The van der Waals surface area contributed by atoms with Crippen LogP contribution in [0.1, 0.15) is 15.2 Å². The van der Waals surface area contributed by atoms with E-state index in [1.807, 2.05) is 6.07 Å². The molecule has 1 amide bonds. The lowest BCUT2D eigenvalue weighted by Crippen LogP contribution is -2.30. The number of amides is 1. The van der Waals surface area contributed by atoms with Crippen molar-refractivity contribution < 1.29 is 9.53 Å². The van der Waals surface area contributed by atoms with Gasteiger partial charge in [-0.2, -0.15) is 0 Å². The second kappa shape index (κ2) is 7.78. The first-order chi connectivity index (χ1) is 10.2. The highest BCUT2D eigenvalue weighted by Gasteiger charge is 2.05. The van der Waals surface area contributed by atoms with Gasteiger partial charge in [0.2, 0.25) is 0 Å². The summed E-state index contributed by atoms with van der Waals surface area (Å²) in [5.74, 6) is 5.46. The molecule has 21 heavy (non-hydrogen) atoms. The SMILES string of the molecule is CN(CCOc1cccc(C(=O)NN)c1)Cc1cccs1. The fraction of sp³-hybridized carbons (Fsp3) is 0.267. The molecule has 0 fully saturated rings. The maximum absolute atomic E-state index is 11.4. The van der Waals surface area contributed by atoms with Crippen LogP contribution < -0.4 is 16.0 Å². The molecule has 0 saturated heterocycles. The summed E-state index contributed by atoms with van der Waals surface area (Å²) >= 11 is 1.75. The Bertz CT molecular complexity index is 572. The van der Waals surface area contributed by atoms with Gasteiger partial charge in [0.15, 0.2) is 0 Å². The van der Waals surface area contributed by atoms with Crippen molar-refractivity contribution in [1.29, 1.82) is 0 Å². The summed E-state index contributed by atoms with van der Waals surface area (Å²) in [4.78, 5) is 15.0. The molecule has 1 aromatic heterocycles. The predicted octanol–water partition coefficient (Wildman–Crippen LogP) is 1.86.